The monoisotopic (exact) mass is 462 g/mol. The SMILES string of the molecule is [Zn].c1ccc(CNCc2ccccn2)nc1.c1ccc(CNCc2ccccn2)nc1. The summed E-state index contributed by atoms with van der Waals surface area (Å²) in [6, 6.07) is 23.7. The van der Waals surface area contributed by atoms with Crippen LogP contribution in [0.5, 0.6) is 0 Å². The molecule has 2 N–H and O–H groups in total. The van der Waals surface area contributed by atoms with Gasteiger partial charge in [-0.1, -0.05) is 24.3 Å². The molecule has 0 aliphatic heterocycles. The third-order valence-electron chi connectivity index (χ3n) is 4.13. The molecule has 0 radical (unpaired) electrons. The minimum Gasteiger partial charge on any atom is -0.306 e. The molecule has 0 bridgehead atoms. The maximum atomic E-state index is 4.23. The van der Waals surface area contributed by atoms with Gasteiger partial charge in [0.05, 0.1) is 22.8 Å². The molecule has 0 spiro atoms. The topological polar surface area (TPSA) is 75.6 Å². The zero-order chi connectivity index (χ0) is 20.7. The van der Waals surface area contributed by atoms with E-state index in [4.69, 9.17) is 0 Å². The molecule has 4 heterocycles. The summed E-state index contributed by atoms with van der Waals surface area (Å²) in [5.74, 6) is 0. The number of rotatable bonds is 8. The van der Waals surface area contributed by atoms with Crippen molar-refractivity contribution in [1.82, 2.24) is 30.6 Å². The molecule has 0 aliphatic rings. The summed E-state index contributed by atoms with van der Waals surface area (Å²) in [6.07, 6.45) is 7.21. The van der Waals surface area contributed by atoms with Gasteiger partial charge in [0, 0.05) is 70.4 Å². The van der Waals surface area contributed by atoms with Crippen LogP contribution in [-0.4, -0.2) is 19.9 Å². The first kappa shape index (κ1) is 24.4. The first-order valence-electron chi connectivity index (χ1n) is 9.91. The number of aromatic nitrogens is 4. The molecule has 0 unspecified atom stereocenters. The fourth-order valence-corrected chi connectivity index (χ4v) is 2.65. The maximum absolute atomic E-state index is 4.23. The van der Waals surface area contributed by atoms with Crippen LogP contribution in [0.15, 0.2) is 97.6 Å². The molecule has 4 aromatic heterocycles. The Bertz CT molecular complexity index is 781. The maximum Gasteiger partial charge on any atom is 0.0541 e. The number of hydrogen-bond acceptors (Lipinski definition) is 6. The summed E-state index contributed by atoms with van der Waals surface area (Å²) in [6.45, 7) is 3.10. The van der Waals surface area contributed by atoms with Gasteiger partial charge in [-0.3, -0.25) is 19.9 Å². The van der Waals surface area contributed by atoms with E-state index in [1.54, 1.807) is 24.8 Å². The van der Waals surface area contributed by atoms with Crippen LogP contribution < -0.4 is 10.6 Å². The molecule has 0 amide bonds. The van der Waals surface area contributed by atoms with E-state index in [1.807, 2.05) is 72.8 Å². The van der Waals surface area contributed by atoms with Crippen LogP contribution in [0.2, 0.25) is 0 Å². The molecule has 0 fully saturated rings. The normalized spacial score (nSPS) is 9.81. The predicted molar refractivity (Wildman–Crippen MR) is 118 cm³/mol. The van der Waals surface area contributed by atoms with Gasteiger partial charge in [-0.15, -0.1) is 0 Å². The van der Waals surface area contributed by atoms with Crippen LogP contribution in [0.25, 0.3) is 0 Å². The Morgan fingerprint density at radius 2 is 0.677 bits per heavy atom. The molecular formula is C24H26N6Zn. The van der Waals surface area contributed by atoms with Crippen LogP contribution in [-0.2, 0) is 45.7 Å². The number of nitrogens with one attached hydrogen (secondary N) is 2. The third kappa shape index (κ3) is 10.1. The molecule has 4 rings (SSSR count). The Labute approximate surface area is 196 Å². The summed E-state index contributed by atoms with van der Waals surface area (Å²) in [5.41, 5.74) is 4.20. The Morgan fingerprint density at radius 3 is 0.871 bits per heavy atom. The second-order valence-corrected chi connectivity index (χ2v) is 6.49. The molecule has 0 saturated carbocycles. The molecule has 4 aromatic rings. The molecule has 0 aliphatic carbocycles. The molecule has 7 heteroatoms. The van der Waals surface area contributed by atoms with E-state index in [9.17, 15) is 0 Å². The van der Waals surface area contributed by atoms with Gasteiger partial charge in [-0.25, -0.2) is 0 Å². The van der Waals surface area contributed by atoms with Gasteiger partial charge in [0.1, 0.15) is 0 Å². The zero-order valence-electron chi connectivity index (χ0n) is 17.6. The van der Waals surface area contributed by atoms with Gasteiger partial charge in [0.15, 0.2) is 0 Å². The average molecular weight is 464 g/mol. The summed E-state index contributed by atoms with van der Waals surface area (Å²) >= 11 is 0. The molecule has 6 nitrogen and oxygen atoms in total. The van der Waals surface area contributed by atoms with Crippen molar-refractivity contribution in [2.75, 3.05) is 0 Å². The first-order chi connectivity index (χ1) is 14.9. The quantitative estimate of drug-likeness (QED) is 0.389. The van der Waals surface area contributed by atoms with Crippen molar-refractivity contribution in [3.8, 4) is 0 Å². The van der Waals surface area contributed by atoms with Crippen LogP contribution >= 0.6 is 0 Å². The largest absolute Gasteiger partial charge is 0.306 e. The van der Waals surface area contributed by atoms with E-state index in [1.165, 1.54) is 0 Å². The van der Waals surface area contributed by atoms with E-state index < -0.39 is 0 Å². The molecule has 154 valence electrons. The number of nitrogens with zero attached hydrogens (tertiary/aromatic N) is 4. The molecular weight excluding hydrogens is 438 g/mol. The second kappa shape index (κ2) is 15.0. The van der Waals surface area contributed by atoms with Gasteiger partial charge in [-0.2, -0.15) is 0 Å². The first-order valence-corrected chi connectivity index (χ1v) is 9.91. The molecule has 0 aromatic carbocycles. The Morgan fingerprint density at radius 1 is 0.419 bits per heavy atom. The van der Waals surface area contributed by atoms with Crippen molar-refractivity contribution >= 4 is 0 Å². The van der Waals surface area contributed by atoms with E-state index in [0.29, 0.717) is 0 Å². The van der Waals surface area contributed by atoms with Crippen LogP contribution in [0.4, 0.5) is 0 Å². The van der Waals surface area contributed by atoms with Crippen molar-refractivity contribution in [3.05, 3.63) is 120 Å². The fourth-order valence-electron chi connectivity index (χ4n) is 2.65. The van der Waals surface area contributed by atoms with Crippen LogP contribution in [0, 0.1) is 0 Å². The van der Waals surface area contributed by atoms with Crippen LogP contribution in [0.1, 0.15) is 22.8 Å². The average Bonchev–Trinajstić information content (AvgIpc) is 2.82. The van der Waals surface area contributed by atoms with Crippen molar-refractivity contribution in [2.45, 2.75) is 26.2 Å². The van der Waals surface area contributed by atoms with Crippen molar-refractivity contribution in [3.63, 3.8) is 0 Å². The summed E-state index contributed by atoms with van der Waals surface area (Å²) in [4.78, 5) is 16.9. The van der Waals surface area contributed by atoms with Gasteiger partial charge in [0.2, 0.25) is 0 Å². The fraction of sp³-hybridized carbons (Fsp3) is 0.167. The molecule has 0 saturated heterocycles. The number of hydrogen-bond donors (Lipinski definition) is 2. The van der Waals surface area contributed by atoms with Crippen molar-refractivity contribution in [2.24, 2.45) is 0 Å². The van der Waals surface area contributed by atoms with E-state index in [2.05, 4.69) is 30.6 Å². The van der Waals surface area contributed by atoms with E-state index in [0.717, 1.165) is 49.0 Å². The number of pyridine rings is 4. The standard InChI is InChI=1S/2C12H13N3.Zn/c2*1-3-7-14-11(5-1)9-13-10-12-6-2-4-8-15-12;/h2*1-8,13H,9-10H2;. The van der Waals surface area contributed by atoms with Gasteiger partial charge >= 0.3 is 0 Å². The van der Waals surface area contributed by atoms with Crippen molar-refractivity contribution < 1.29 is 19.5 Å². The summed E-state index contributed by atoms with van der Waals surface area (Å²) in [5, 5.41) is 6.59. The van der Waals surface area contributed by atoms with E-state index >= 15 is 0 Å². The predicted octanol–water partition coefficient (Wildman–Crippen LogP) is 3.53. The Hall–Kier alpha value is -2.86. The van der Waals surface area contributed by atoms with Gasteiger partial charge in [-0.05, 0) is 48.5 Å². The van der Waals surface area contributed by atoms with Crippen LogP contribution in [0.3, 0.4) is 0 Å². The molecule has 31 heavy (non-hydrogen) atoms. The Balaban J connectivity index is 0.000000213. The minimum absolute atomic E-state index is 0. The van der Waals surface area contributed by atoms with Gasteiger partial charge < -0.3 is 10.6 Å². The van der Waals surface area contributed by atoms with E-state index in [-0.39, 0.29) is 19.5 Å². The third-order valence-corrected chi connectivity index (χ3v) is 4.13. The van der Waals surface area contributed by atoms with Crippen molar-refractivity contribution in [1.29, 1.82) is 0 Å². The Kier molecular flexibility index (Phi) is 11.8. The molecule has 0 atom stereocenters. The smallest absolute Gasteiger partial charge is 0.0541 e. The van der Waals surface area contributed by atoms with Gasteiger partial charge in [0.25, 0.3) is 0 Å². The second-order valence-electron chi connectivity index (χ2n) is 6.49. The summed E-state index contributed by atoms with van der Waals surface area (Å²) in [7, 11) is 0. The summed E-state index contributed by atoms with van der Waals surface area (Å²) < 4.78 is 0. The minimum atomic E-state index is 0. The zero-order valence-corrected chi connectivity index (χ0v) is 20.5.